The second-order valence-corrected chi connectivity index (χ2v) is 2.94. The fourth-order valence-corrected chi connectivity index (χ4v) is 0.926. The van der Waals surface area contributed by atoms with Crippen LogP contribution in [0.5, 0.6) is 0 Å². The van der Waals surface area contributed by atoms with Crippen LogP contribution in [-0.4, -0.2) is 0 Å². The summed E-state index contributed by atoms with van der Waals surface area (Å²) in [6, 6.07) is 0. The summed E-state index contributed by atoms with van der Waals surface area (Å²) in [5, 5.41) is 0. The molecule has 0 nitrogen and oxygen atoms in total. The Morgan fingerprint density at radius 1 is 1.70 bits per heavy atom. The van der Waals surface area contributed by atoms with Gasteiger partial charge in [0.2, 0.25) is 0 Å². The Kier molecular flexibility index (Phi) is 2.53. The molecular formula is C10H14. The van der Waals surface area contributed by atoms with Gasteiger partial charge in [-0.3, -0.25) is 0 Å². The van der Waals surface area contributed by atoms with Gasteiger partial charge in [0.05, 0.1) is 0 Å². The Morgan fingerprint density at radius 3 is 2.90 bits per heavy atom. The van der Waals surface area contributed by atoms with Crippen molar-refractivity contribution in [1.82, 2.24) is 0 Å². The zero-order valence-electron chi connectivity index (χ0n) is 6.51. The first kappa shape index (κ1) is 7.37. The van der Waals surface area contributed by atoms with E-state index in [1.807, 2.05) is 12.2 Å². The van der Waals surface area contributed by atoms with Crippen LogP contribution in [0.25, 0.3) is 0 Å². The molecule has 0 radical (unpaired) electrons. The second kappa shape index (κ2) is 3.43. The molecule has 0 saturated heterocycles. The summed E-state index contributed by atoms with van der Waals surface area (Å²) in [6.07, 6.45) is 8.38. The van der Waals surface area contributed by atoms with Crippen LogP contribution in [0, 0.1) is 11.8 Å². The smallest absolute Gasteiger partial charge is 0.00957 e. The van der Waals surface area contributed by atoms with Crippen molar-refractivity contribution >= 4 is 0 Å². The summed E-state index contributed by atoms with van der Waals surface area (Å²) in [7, 11) is 0. The monoisotopic (exact) mass is 134 g/mol. The normalized spacial score (nSPS) is 28.5. The van der Waals surface area contributed by atoms with E-state index < -0.39 is 0 Å². The van der Waals surface area contributed by atoms with Gasteiger partial charge in [0.15, 0.2) is 0 Å². The maximum absolute atomic E-state index is 3.62. The molecule has 0 bridgehead atoms. The van der Waals surface area contributed by atoms with Gasteiger partial charge in [-0.1, -0.05) is 13.0 Å². The standard InChI is InChI=1S/C10H14/c1-3-4-5-6-7-10-8-9(10)2/h3,5,7,9-10H,1,4,8H2,2H3/t6?,9-,10-/m0/s1. The maximum atomic E-state index is 3.62. The van der Waals surface area contributed by atoms with Crippen LogP contribution in [0.3, 0.4) is 0 Å². The van der Waals surface area contributed by atoms with Crippen molar-refractivity contribution in [1.29, 1.82) is 0 Å². The Labute approximate surface area is 62.9 Å². The number of hydrogen-bond donors (Lipinski definition) is 0. The van der Waals surface area contributed by atoms with Gasteiger partial charge in [0.25, 0.3) is 0 Å². The third-order valence-electron chi connectivity index (χ3n) is 1.88. The van der Waals surface area contributed by atoms with Crippen LogP contribution in [0.2, 0.25) is 0 Å². The SMILES string of the molecule is C=CCC=C=C[C@H]1C[C@@H]1C. The highest BCUT2D eigenvalue weighted by molar-refractivity contribution is 5.01. The lowest BCUT2D eigenvalue weighted by Gasteiger charge is -1.76. The number of allylic oxidation sites excluding steroid dienone is 2. The molecule has 0 aromatic heterocycles. The van der Waals surface area contributed by atoms with Crippen molar-refractivity contribution in [2.45, 2.75) is 19.8 Å². The molecule has 0 spiro atoms. The highest BCUT2D eigenvalue weighted by Gasteiger charge is 2.29. The van der Waals surface area contributed by atoms with Gasteiger partial charge in [0, 0.05) is 0 Å². The molecule has 1 aliphatic rings. The van der Waals surface area contributed by atoms with E-state index in [0.29, 0.717) is 0 Å². The van der Waals surface area contributed by atoms with E-state index in [9.17, 15) is 0 Å². The van der Waals surface area contributed by atoms with Crippen LogP contribution in [0.15, 0.2) is 30.5 Å². The fourth-order valence-electron chi connectivity index (χ4n) is 0.926. The van der Waals surface area contributed by atoms with Crippen molar-refractivity contribution in [3.05, 3.63) is 30.5 Å². The Morgan fingerprint density at radius 2 is 2.40 bits per heavy atom. The van der Waals surface area contributed by atoms with Crippen molar-refractivity contribution in [3.8, 4) is 0 Å². The first-order chi connectivity index (χ1) is 4.84. The fraction of sp³-hybridized carbons (Fsp3) is 0.500. The highest BCUT2D eigenvalue weighted by Crippen LogP contribution is 2.38. The van der Waals surface area contributed by atoms with Gasteiger partial charge in [-0.25, -0.2) is 0 Å². The molecule has 1 saturated carbocycles. The van der Waals surface area contributed by atoms with E-state index in [1.54, 1.807) is 0 Å². The predicted molar refractivity (Wildman–Crippen MR) is 44.7 cm³/mol. The van der Waals surface area contributed by atoms with Gasteiger partial charge in [0.1, 0.15) is 0 Å². The van der Waals surface area contributed by atoms with Gasteiger partial charge in [-0.2, -0.15) is 0 Å². The third-order valence-corrected chi connectivity index (χ3v) is 1.88. The minimum absolute atomic E-state index is 0.820. The summed E-state index contributed by atoms with van der Waals surface area (Å²) in [5.74, 6) is 1.73. The van der Waals surface area contributed by atoms with E-state index in [1.165, 1.54) is 6.42 Å². The first-order valence-corrected chi connectivity index (χ1v) is 3.86. The lowest BCUT2D eigenvalue weighted by Crippen LogP contribution is -1.64. The van der Waals surface area contributed by atoms with Crippen molar-refractivity contribution in [2.24, 2.45) is 11.8 Å². The van der Waals surface area contributed by atoms with Crippen LogP contribution < -0.4 is 0 Å². The van der Waals surface area contributed by atoms with Crippen molar-refractivity contribution in [2.75, 3.05) is 0 Å². The van der Waals surface area contributed by atoms with Crippen molar-refractivity contribution < 1.29 is 0 Å². The number of hydrogen-bond acceptors (Lipinski definition) is 0. The average Bonchev–Trinajstić information content (AvgIpc) is 2.60. The van der Waals surface area contributed by atoms with E-state index in [-0.39, 0.29) is 0 Å². The molecule has 10 heavy (non-hydrogen) atoms. The molecule has 0 aliphatic heterocycles. The topological polar surface area (TPSA) is 0 Å². The minimum atomic E-state index is 0.820. The van der Waals surface area contributed by atoms with Gasteiger partial charge < -0.3 is 0 Å². The second-order valence-electron chi connectivity index (χ2n) is 2.94. The Balaban J connectivity index is 2.22. The molecule has 54 valence electrons. The van der Waals surface area contributed by atoms with Gasteiger partial charge >= 0.3 is 0 Å². The quantitative estimate of drug-likeness (QED) is 0.411. The molecular weight excluding hydrogens is 120 g/mol. The first-order valence-electron chi connectivity index (χ1n) is 3.86. The van der Waals surface area contributed by atoms with E-state index in [0.717, 1.165) is 18.3 Å². The van der Waals surface area contributed by atoms with Crippen LogP contribution in [0.4, 0.5) is 0 Å². The molecule has 2 atom stereocenters. The molecule has 0 heteroatoms. The van der Waals surface area contributed by atoms with Crippen molar-refractivity contribution in [3.63, 3.8) is 0 Å². The zero-order chi connectivity index (χ0) is 7.40. The molecule has 0 amide bonds. The van der Waals surface area contributed by atoms with E-state index in [4.69, 9.17) is 0 Å². The molecule has 0 heterocycles. The summed E-state index contributed by atoms with van der Waals surface area (Å²) in [5.41, 5.74) is 3.16. The Hall–Kier alpha value is -0.740. The molecule has 0 unspecified atom stereocenters. The summed E-state index contributed by atoms with van der Waals surface area (Å²) in [6.45, 7) is 5.90. The van der Waals surface area contributed by atoms with Crippen LogP contribution in [-0.2, 0) is 0 Å². The van der Waals surface area contributed by atoms with E-state index >= 15 is 0 Å². The van der Waals surface area contributed by atoms with Gasteiger partial charge in [-0.15, -0.1) is 12.3 Å². The lowest BCUT2D eigenvalue weighted by molar-refractivity contribution is 0.900. The number of rotatable bonds is 3. The minimum Gasteiger partial charge on any atom is -0.129 e. The summed E-state index contributed by atoms with van der Waals surface area (Å²) < 4.78 is 0. The average molecular weight is 134 g/mol. The molecule has 0 N–H and O–H groups in total. The summed E-state index contributed by atoms with van der Waals surface area (Å²) >= 11 is 0. The molecule has 1 aliphatic carbocycles. The predicted octanol–water partition coefficient (Wildman–Crippen LogP) is 2.93. The highest BCUT2D eigenvalue weighted by atomic mass is 14.3. The summed E-state index contributed by atoms with van der Waals surface area (Å²) in [4.78, 5) is 0. The molecule has 0 aromatic rings. The largest absolute Gasteiger partial charge is 0.129 e. The van der Waals surface area contributed by atoms with Crippen LogP contribution >= 0.6 is 0 Å². The zero-order valence-corrected chi connectivity index (χ0v) is 6.51. The maximum Gasteiger partial charge on any atom is -0.00957 e. The third kappa shape index (κ3) is 2.24. The Bertz CT molecular complexity index is 170. The molecule has 0 aromatic carbocycles. The molecule has 1 rings (SSSR count). The van der Waals surface area contributed by atoms with E-state index in [2.05, 4.69) is 25.3 Å². The lowest BCUT2D eigenvalue weighted by atomic mass is 10.3. The molecule has 1 fully saturated rings. The van der Waals surface area contributed by atoms with Crippen LogP contribution in [0.1, 0.15) is 19.8 Å². The van der Waals surface area contributed by atoms with Gasteiger partial charge in [-0.05, 0) is 36.8 Å².